The monoisotopic (exact) mass is 438 g/mol. The van der Waals surface area contributed by atoms with Crippen LogP contribution in [0.3, 0.4) is 0 Å². The SMILES string of the molecule is O=C(O)C1CN(CC#Cc2ccccc2)CCN1C(=O)C(c1ccccc1)c1ccccc1. The number of nitrogens with zero attached hydrogens (tertiary/aromatic N) is 2. The first-order valence-electron chi connectivity index (χ1n) is 11.0. The summed E-state index contributed by atoms with van der Waals surface area (Å²) in [4.78, 5) is 29.4. The summed E-state index contributed by atoms with van der Waals surface area (Å²) in [6, 6.07) is 27.9. The number of aliphatic carboxylic acids is 1. The van der Waals surface area contributed by atoms with E-state index in [1.54, 1.807) is 0 Å². The van der Waals surface area contributed by atoms with Gasteiger partial charge in [-0.15, -0.1) is 0 Å². The number of carboxylic acid groups (broad SMARTS) is 1. The maximum absolute atomic E-state index is 13.7. The fourth-order valence-electron chi connectivity index (χ4n) is 4.17. The van der Waals surface area contributed by atoms with E-state index in [0.717, 1.165) is 16.7 Å². The normalized spacial score (nSPS) is 16.2. The molecule has 1 atom stereocenters. The van der Waals surface area contributed by atoms with Crippen LogP contribution in [0.4, 0.5) is 0 Å². The van der Waals surface area contributed by atoms with Crippen molar-refractivity contribution in [2.24, 2.45) is 0 Å². The number of hydrogen-bond acceptors (Lipinski definition) is 3. The van der Waals surface area contributed by atoms with Crippen LogP contribution >= 0.6 is 0 Å². The highest BCUT2D eigenvalue weighted by atomic mass is 16.4. The Kier molecular flexibility index (Phi) is 7.19. The highest BCUT2D eigenvalue weighted by Crippen LogP contribution is 2.28. The van der Waals surface area contributed by atoms with Crippen LogP contribution in [0.15, 0.2) is 91.0 Å². The van der Waals surface area contributed by atoms with Crippen LogP contribution in [-0.2, 0) is 9.59 Å². The summed E-state index contributed by atoms with van der Waals surface area (Å²) in [6.07, 6.45) is 0. The number of carbonyl (C=O) groups is 2. The third-order valence-electron chi connectivity index (χ3n) is 5.85. The van der Waals surface area contributed by atoms with Crippen LogP contribution in [-0.4, -0.2) is 59.0 Å². The first-order chi connectivity index (χ1) is 16.1. The van der Waals surface area contributed by atoms with Crippen molar-refractivity contribution in [3.8, 4) is 11.8 Å². The van der Waals surface area contributed by atoms with Gasteiger partial charge in [0.05, 0.1) is 12.5 Å². The largest absolute Gasteiger partial charge is 0.480 e. The molecule has 4 rings (SSSR count). The third-order valence-corrected chi connectivity index (χ3v) is 5.85. The van der Waals surface area contributed by atoms with E-state index in [2.05, 4.69) is 11.8 Å². The van der Waals surface area contributed by atoms with E-state index in [0.29, 0.717) is 19.6 Å². The molecule has 5 heteroatoms. The molecule has 0 aliphatic carbocycles. The van der Waals surface area contributed by atoms with Gasteiger partial charge in [0.2, 0.25) is 5.91 Å². The highest BCUT2D eigenvalue weighted by Gasteiger charge is 2.38. The minimum Gasteiger partial charge on any atom is -0.480 e. The first-order valence-corrected chi connectivity index (χ1v) is 11.0. The molecule has 1 aliphatic rings. The molecule has 1 unspecified atom stereocenters. The second-order valence-electron chi connectivity index (χ2n) is 8.04. The predicted octanol–water partition coefficient (Wildman–Crippen LogP) is 3.47. The van der Waals surface area contributed by atoms with E-state index in [-0.39, 0.29) is 12.5 Å². The molecular weight excluding hydrogens is 412 g/mol. The smallest absolute Gasteiger partial charge is 0.327 e. The molecule has 1 aliphatic heterocycles. The molecule has 0 aromatic heterocycles. The van der Waals surface area contributed by atoms with Gasteiger partial charge in [-0.3, -0.25) is 9.69 Å². The number of hydrogen-bond donors (Lipinski definition) is 1. The zero-order chi connectivity index (χ0) is 23.0. The summed E-state index contributed by atoms with van der Waals surface area (Å²) in [5, 5.41) is 9.95. The minimum absolute atomic E-state index is 0.185. The standard InChI is InChI=1S/C28H26N2O3/c31-27(26(23-14-6-2-7-15-23)24-16-8-3-9-17-24)30-20-19-29(21-25(30)28(32)33)18-10-13-22-11-4-1-5-12-22/h1-9,11-12,14-17,25-26H,18-21H2,(H,32,33). The van der Waals surface area contributed by atoms with Crippen molar-refractivity contribution >= 4 is 11.9 Å². The molecule has 0 radical (unpaired) electrons. The zero-order valence-corrected chi connectivity index (χ0v) is 18.3. The first kappa shape index (κ1) is 22.3. The number of benzene rings is 3. The number of carbonyl (C=O) groups excluding carboxylic acids is 1. The van der Waals surface area contributed by atoms with E-state index in [1.165, 1.54) is 4.90 Å². The van der Waals surface area contributed by atoms with Gasteiger partial charge >= 0.3 is 5.97 Å². The Bertz CT molecular complexity index is 1100. The van der Waals surface area contributed by atoms with Gasteiger partial charge in [0.1, 0.15) is 6.04 Å². The van der Waals surface area contributed by atoms with E-state index in [9.17, 15) is 14.7 Å². The summed E-state index contributed by atoms with van der Waals surface area (Å²) >= 11 is 0. The molecule has 3 aromatic carbocycles. The molecular formula is C28H26N2O3. The molecule has 1 amide bonds. The van der Waals surface area contributed by atoms with E-state index < -0.39 is 17.9 Å². The second kappa shape index (κ2) is 10.6. The number of amides is 1. The Hall–Kier alpha value is -3.88. The van der Waals surface area contributed by atoms with Crippen LogP contribution in [0.1, 0.15) is 22.6 Å². The van der Waals surface area contributed by atoms with Gasteiger partial charge in [-0.25, -0.2) is 4.79 Å². The molecule has 5 nitrogen and oxygen atoms in total. The average Bonchev–Trinajstić information content (AvgIpc) is 2.86. The molecule has 1 saturated heterocycles. The van der Waals surface area contributed by atoms with Crippen LogP contribution in [0, 0.1) is 11.8 Å². The van der Waals surface area contributed by atoms with Crippen molar-refractivity contribution in [1.29, 1.82) is 0 Å². The topological polar surface area (TPSA) is 60.9 Å². The van der Waals surface area contributed by atoms with Gasteiger partial charge in [-0.05, 0) is 23.3 Å². The van der Waals surface area contributed by atoms with Crippen LogP contribution < -0.4 is 0 Å². The van der Waals surface area contributed by atoms with Gasteiger partial charge in [0, 0.05) is 25.2 Å². The van der Waals surface area contributed by atoms with Gasteiger partial charge in [-0.2, -0.15) is 0 Å². The Morgan fingerprint density at radius 2 is 1.39 bits per heavy atom. The molecule has 0 bridgehead atoms. The summed E-state index contributed by atoms with van der Waals surface area (Å²) < 4.78 is 0. The van der Waals surface area contributed by atoms with Crippen molar-refractivity contribution in [3.05, 3.63) is 108 Å². The average molecular weight is 439 g/mol. The zero-order valence-electron chi connectivity index (χ0n) is 18.3. The summed E-state index contributed by atoms with van der Waals surface area (Å²) in [7, 11) is 0. The van der Waals surface area contributed by atoms with Crippen LogP contribution in [0.5, 0.6) is 0 Å². The Balaban J connectivity index is 1.53. The fourth-order valence-corrected chi connectivity index (χ4v) is 4.17. The molecule has 3 aromatic rings. The lowest BCUT2D eigenvalue weighted by molar-refractivity contribution is -0.153. The van der Waals surface area contributed by atoms with Gasteiger partial charge in [-0.1, -0.05) is 90.7 Å². The summed E-state index contributed by atoms with van der Waals surface area (Å²) in [6.45, 7) is 1.64. The molecule has 33 heavy (non-hydrogen) atoms. The molecule has 1 fully saturated rings. The maximum atomic E-state index is 13.7. The minimum atomic E-state index is -0.996. The van der Waals surface area contributed by atoms with Crippen LogP contribution in [0.25, 0.3) is 0 Å². The lowest BCUT2D eigenvalue weighted by atomic mass is 9.89. The molecule has 1 heterocycles. The molecule has 0 spiro atoms. The Labute approximate surface area is 194 Å². The van der Waals surface area contributed by atoms with Crippen molar-refractivity contribution < 1.29 is 14.7 Å². The lowest BCUT2D eigenvalue weighted by Gasteiger charge is -2.40. The van der Waals surface area contributed by atoms with Crippen molar-refractivity contribution in [2.45, 2.75) is 12.0 Å². The Morgan fingerprint density at radius 1 is 0.848 bits per heavy atom. The summed E-state index contributed by atoms with van der Waals surface area (Å²) in [5.41, 5.74) is 2.64. The Morgan fingerprint density at radius 3 is 1.94 bits per heavy atom. The second-order valence-corrected chi connectivity index (χ2v) is 8.04. The number of carboxylic acids is 1. The van der Waals surface area contributed by atoms with Crippen LogP contribution in [0.2, 0.25) is 0 Å². The van der Waals surface area contributed by atoms with E-state index in [4.69, 9.17) is 0 Å². The van der Waals surface area contributed by atoms with Gasteiger partial charge < -0.3 is 10.0 Å². The van der Waals surface area contributed by atoms with Crippen molar-refractivity contribution in [2.75, 3.05) is 26.2 Å². The lowest BCUT2D eigenvalue weighted by Crippen LogP contribution is -2.59. The predicted molar refractivity (Wildman–Crippen MR) is 128 cm³/mol. The maximum Gasteiger partial charge on any atom is 0.327 e. The molecule has 1 N–H and O–H groups in total. The molecule has 166 valence electrons. The van der Waals surface area contributed by atoms with Gasteiger partial charge in [0.25, 0.3) is 0 Å². The van der Waals surface area contributed by atoms with E-state index >= 15 is 0 Å². The van der Waals surface area contributed by atoms with Crippen molar-refractivity contribution in [1.82, 2.24) is 9.80 Å². The number of piperazine rings is 1. The highest BCUT2D eigenvalue weighted by molar-refractivity contribution is 5.91. The molecule has 0 saturated carbocycles. The quantitative estimate of drug-likeness (QED) is 0.620. The van der Waals surface area contributed by atoms with E-state index in [1.807, 2.05) is 95.9 Å². The van der Waals surface area contributed by atoms with Crippen molar-refractivity contribution in [3.63, 3.8) is 0 Å². The van der Waals surface area contributed by atoms with Gasteiger partial charge in [0.15, 0.2) is 0 Å². The fraction of sp³-hybridized carbons (Fsp3) is 0.214. The summed E-state index contributed by atoms with van der Waals surface area (Å²) in [5.74, 6) is 4.52. The third kappa shape index (κ3) is 5.49. The number of rotatable bonds is 5.